The van der Waals surface area contributed by atoms with Crippen LogP contribution in [-0.4, -0.2) is 35.3 Å². The number of halogens is 1. The number of nitrogens with zero attached hydrogens (tertiary/aromatic N) is 1. The van der Waals surface area contributed by atoms with E-state index in [0.29, 0.717) is 5.75 Å². The second-order valence-corrected chi connectivity index (χ2v) is 4.34. The fourth-order valence-electron chi connectivity index (χ4n) is 1.58. The SMILES string of the molecule is O=C(NCC(O)COc1ccc(F)cc1)c1ccccn1. The first-order valence-electron chi connectivity index (χ1n) is 6.41. The fourth-order valence-corrected chi connectivity index (χ4v) is 1.58. The summed E-state index contributed by atoms with van der Waals surface area (Å²) >= 11 is 0. The number of pyridine rings is 1. The van der Waals surface area contributed by atoms with Crippen molar-refractivity contribution in [2.75, 3.05) is 13.2 Å². The highest BCUT2D eigenvalue weighted by atomic mass is 19.1. The lowest BCUT2D eigenvalue weighted by atomic mass is 10.3. The quantitative estimate of drug-likeness (QED) is 0.843. The second-order valence-electron chi connectivity index (χ2n) is 4.34. The molecule has 2 N–H and O–H groups in total. The summed E-state index contributed by atoms with van der Waals surface area (Å²) in [5.41, 5.74) is 0.282. The van der Waals surface area contributed by atoms with Gasteiger partial charge >= 0.3 is 0 Å². The van der Waals surface area contributed by atoms with Gasteiger partial charge in [0.25, 0.3) is 5.91 Å². The first kappa shape index (κ1) is 14.9. The molecule has 110 valence electrons. The Bertz CT molecular complexity index is 575. The van der Waals surface area contributed by atoms with E-state index in [-0.39, 0.29) is 30.6 Å². The van der Waals surface area contributed by atoms with Gasteiger partial charge in [-0.25, -0.2) is 4.39 Å². The molecule has 1 heterocycles. The molecule has 0 saturated carbocycles. The number of hydrogen-bond acceptors (Lipinski definition) is 4. The van der Waals surface area contributed by atoms with E-state index in [9.17, 15) is 14.3 Å². The Balaban J connectivity index is 1.73. The van der Waals surface area contributed by atoms with Crippen molar-refractivity contribution in [2.24, 2.45) is 0 Å². The maximum atomic E-state index is 12.7. The summed E-state index contributed by atoms with van der Waals surface area (Å²) in [5.74, 6) is -0.270. The summed E-state index contributed by atoms with van der Waals surface area (Å²) in [6.45, 7) is 0.0325. The molecule has 1 unspecified atom stereocenters. The smallest absolute Gasteiger partial charge is 0.269 e. The molecule has 0 spiro atoms. The summed E-state index contributed by atoms with van der Waals surface area (Å²) in [7, 11) is 0. The maximum Gasteiger partial charge on any atom is 0.269 e. The van der Waals surface area contributed by atoms with Gasteiger partial charge in [0.1, 0.15) is 30.0 Å². The van der Waals surface area contributed by atoms with Gasteiger partial charge in [-0.15, -0.1) is 0 Å². The zero-order chi connectivity index (χ0) is 15.1. The number of aromatic nitrogens is 1. The molecule has 2 rings (SSSR count). The summed E-state index contributed by atoms with van der Waals surface area (Å²) < 4.78 is 18.0. The molecule has 0 fully saturated rings. The van der Waals surface area contributed by atoms with Gasteiger partial charge in [0, 0.05) is 12.7 Å². The number of hydrogen-bond donors (Lipinski definition) is 2. The Hall–Kier alpha value is -2.47. The van der Waals surface area contributed by atoms with E-state index in [0.717, 1.165) is 0 Å². The number of aliphatic hydroxyl groups excluding tert-OH is 1. The predicted molar refractivity (Wildman–Crippen MR) is 74.5 cm³/mol. The summed E-state index contributed by atoms with van der Waals surface area (Å²) in [5, 5.41) is 12.3. The molecule has 0 radical (unpaired) electrons. The van der Waals surface area contributed by atoms with Gasteiger partial charge in [-0.1, -0.05) is 6.07 Å². The molecule has 1 atom stereocenters. The van der Waals surface area contributed by atoms with Crippen LogP contribution in [0.2, 0.25) is 0 Å². The molecular weight excluding hydrogens is 275 g/mol. The number of carbonyl (C=O) groups is 1. The van der Waals surface area contributed by atoms with Gasteiger partial charge in [0.15, 0.2) is 0 Å². The molecule has 0 aliphatic heterocycles. The van der Waals surface area contributed by atoms with Crippen LogP contribution in [0.5, 0.6) is 5.75 Å². The summed E-state index contributed by atoms with van der Waals surface area (Å²) in [6.07, 6.45) is 0.644. The highest BCUT2D eigenvalue weighted by molar-refractivity contribution is 5.92. The number of nitrogens with one attached hydrogen (secondary N) is 1. The Kier molecular flexibility index (Phi) is 5.22. The van der Waals surface area contributed by atoms with Crippen molar-refractivity contribution in [1.82, 2.24) is 10.3 Å². The number of amides is 1. The topological polar surface area (TPSA) is 71.5 Å². The van der Waals surface area contributed by atoms with Gasteiger partial charge in [0.2, 0.25) is 0 Å². The first-order valence-corrected chi connectivity index (χ1v) is 6.41. The minimum atomic E-state index is -0.872. The highest BCUT2D eigenvalue weighted by Gasteiger charge is 2.10. The molecule has 1 aromatic heterocycles. The largest absolute Gasteiger partial charge is 0.491 e. The van der Waals surface area contributed by atoms with E-state index >= 15 is 0 Å². The van der Waals surface area contributed by atoms with Crippen LogP contribution in [0, 0.1) is 5.82 Å². The van der Waals surface area contributed by atoms with Crippen LogP contribution >= 0.6 is 0 Å². The van der Waals surface area contributed by atoms with Crippen molar-refractivity contribution in [3.63, 3.8) is 0 Å². The molecule has 2 aromatic rings. The van der Waals surface area contributed by atoms with Crippen molar-refractivity contribution in [1.29, 1.82) is 0 Å². The van der Waals surface area contributed by atoms with E-state index in [1.165, 1.54) is 30.5 Å². The van der Waals surface area contributed by atoms with E-state index < -0.39 is 6.10 Å². The van der Waals surface area contributed by atoms with Crippen LogP contribution in [-0.2, 0) is 0 Å². The second kappa shape index (κ2) is 7.35. The Morgan fingerprint density at radius 3 is 2.71 bits per heavy atom. The third-order valence-electron chi connectivity index (χ3n) is 2.65. The van der Waals surface area contributed by atoms with Gasteiger partial charge < -0.3 is 15.2 Å². The minimum Gasteiger partial charge on any atom is -0.491 e. The fraction of sp³-hybridized carbons (Fsp3) is 0.200. The molecule has 6 heteroatoms. The number of ether oxygens (including phenoxy) is 1. The summed E-state index contributed by atoms with van der Waals surface area (Å²) in [6, 6.07) is 10.5. The molecule has 0 bridgehead atoms. The Morgan fingerprint density at radius 2 is 2.05 bits per heavy atom. The molecule has 0 saturated heterocycles. The van der Waals surface area contributed by atoms with Crippen LogP contribution < -0.4 is 10.1 Å². The van der Waals surface area contributed by atoms with Crippen LogP contribution in [0.3, 0.4) is 0 Å². The van der Waals surface area contributed by atoms with Crippen molar-refractivity contribution in [3.05, 3.63) is 60.2 Å². The van der Waals surface area contributed by atoms with Gasteiger partial charge in [0.05, 0.1) is 0 Å². The molecule has 1 amide bonds. The Morgan fingerprint density at radius 1 is 1.29 bits per heavy atom. The van der Waals surface area contributed by atoms with E-state index in [1.807, 2.05) is 0 Å². The average molecular weight is 290 g/mol. The summed E-state index contributed by atoms with van der Waals surface area (Å²) in [4.78, 5) is 15.6. The molecule has 1 aromatic carbocycles. The molecule has 0 aliphatic carbocycles. The van der Waals surface area contributed by atoms with Crippen molar-refractivity contribution >= 4 is 5.91 Å². The monoisotopic (exact) mass is 290 g/mol. The third kappa shape index (κ3) is 4.85. The van der Waals surface area contributed by atoms with Crippen molar-refractivity contribution < 1.29 is 19.0 Å². The molecular formula is C15H15FN2O3. The highest BCUT2D eigenvalue weighted by Crippen LogP contribution is 2.11. The lowest BCUT2D eigenvalue weighted by Gasteiger charge is -2.13. The molecule has 21 heavy (non-hydrogen) atoms. The number of benzene rings is 1. The van der Waals surface area contributed by atoms with Crippen LogP contribution in [0.4, 0.5) is 4.39 Å². The lowest BCUT2D eigenvalue weighted by molar-refractivity contribution is 0.0839. The number of carbonyl (C=O) groups excluding carboxylic acids is 1. The minimum absolute atomic E-state index is 0.00582. The lowest BCUT2D eigenvalue weighted by Crippen LogP contribution is -2.35. The maximum absolute atomic E-state index is 12.7. The standard InChI is InChI=1S/C15H15FN2O3/c16-11-4-6-13(7-5-11)21-10-12(19)9-18-15(20)14-3-1-2-8-17-14/h1-8,12,19H,9-10H2,(H,18,20). The molecule has 0 aliphatic rings. The first-order chi connectivity index (χ1) is 10.1. The zero-order valence-electron chi connectivity index (χ0n) is 11.2. The zero-order valence-corrected chi connectivity index (χ0v) is 11.2. The van der Waals surface area contributed by atoms with Crippen LogP contribution in [0.25, 0.3) is 0 Å². The van der Waals surface area contributed by atoms with Gasteiger partial charge in [-0.05, 0) is 36.4 Å². The predicted octanol–water partition coefficient (Wildman–Crippen LogP) is 1.39. The van der Waals surface area contributed by atoms with Gasteiger partial charge in [-0.3, -0.25) is 9.78 Å². The Labute approximate surface area is 121 Å². The van der Waals surface area contributed by atoms with E-state index in [2.05, 4.69) is 10.3 Å². The number of rotatable bonds is 6. The van der Waals surface area contributed by atoms with Gasteiger partial charge in [-0.2, -0.15) is 0 Å². The average Bonchev–Trinajstić information content (AvgIpc) is 2.53. The molecule has 5 nitrogen and oxygen atoms in total. The van der Waals surface area contributed by atoms with E-state index in [1.54, 1.807) is 18.2 Å². The van der Waals surface area contributed by atoms with Crippen LogP contribution in [0.15, 0.2) is 48.7 Å². The normalized spacial score (nSPS) is 11.7. The van der Waals surface area contributed by atoms with Crippen molar-refractivity contribution in [3.8, 4) is 5.75 Å². The third-order valence-corrected chi connectivity index (χ3v) is 2.65. The van der Waals surface area contributed by atoms with E-state index in [4.69, 9.17) is 4.74 Å². The van der Waals surface area contributed by atoms with Crippen LogP contribution in [0.1, 0.15) is 10.5 Å². The van der Waals surface area contributed by atoms with Crippen molar-refractivity contribution in [2.45, 2.75) is 6.10 Å². The number of aliphatic hydroxyl groups is 1.